The molecule has 0 amide bonds. The predicted octanol–water partition coefficient (Wildman–Crippen LogP) is 2.68. The fraction of sp³-hybridized carbons (Fsp3) is 0.500. The maximum absolute atomic E-state index is 4.67. The summed E-state index contributed by atoms with van der Waals surface area (Å²) in [5.74, 6) is 1.45. The highest BCUT2D eigenvalue weighted by molar-refractivity contribution is 5.65. The van der Waals surface area contributed by atoms with Crippen LogP contribution in [0.15, 0.2) is 18.3 Å². The van der Waals surface area contributed by atoms with E-state index in [1.807, 2.05) is 0 Å². The number of nitrogens with one attached hydrogen (secondary N) is 1. The van der Waals surface area contributed by atoms with Gasteiger partial charge in [-0.25, -0.2) is 0 Å². The zero-order chi connectivity index (χ0) is 17.1. The average molecular weight is 326 g/mol. The van der Waals surface area contributed by atoms with Crippen LogP contribution >= 0.6 is 0 Å². The predicted molar refractivity (Wildman–Crippen MR) is 98.1 cm³/mol. The second-order valence-corrected chi connectivity index (χ2v) is 6.46. The van der Waals surface area contributed by atoms with Gasteiger partial charge in [-0.1, -0.05) is 24.6 Å². The Kier molecular flexibility index (Phi) is 4.94. The van der Waals surface area contributed by atoms with Crippen LogP contribution in [0.25, 0.3) is 0 Å². The highest BCUT2D eigenvalue weighted by Crippen LogP contribution is 2.25. The van der Waals surface area contributed by atoms with Gasteiger partial charge in [0.25, 0.3) is 0 Å². The summed E-state index contributed by atoms with van der Waals surface area (Å²) < 4.78 is 0. The lowest BCUT2D eigenvalue weighted by molar-refractivity contribution is 0.269. The molecule has 0 unspecified atom stereocenters. The minimum absolute atomic E-state index is 0.707. The largest absolute Gasteiger partial charge is 0.338 e. The van der Waals surface area contributed by atoms with Crippen molar-refractivity contribution in [2.24, 2.45) is 0 Å². The summed E-state index contributed by atoms with van der Waals surface area (Å²) in [5.41, 5.74) is 4.79. The first-order valence-electron chi connectivity index (χ1n) is 8.58. The fourth-order valence-electron chi connectivity index (χ4n) is 3.26. The number of likely N-dealkylation sites (N-methyl/N-ethyl adjacent to an activating group) is 1. The standard InChI is InChI=1S/C18H26N6/c1-5-23-6-8-24(9-7-23)18-21-16(12-19-22-18)20-17-14(3)10-13(2)11-15(17)4/h10-12H,5-9H2,1-4H3,(H,20,21,22). The molecule has 1 aromatic carbocycles. The van der Waals surface area contributed by atoms with Crippen LogP contribution in [-0.2, 0) is 0 Å². The van der Waals surface area contributed by atoms with E-state index in [1.165, 1.54) is 16.7 Å². The number of aryl methyl sites for hydroxylation is 3. The Hall–Kier alpha value is -2.21. The summed E-state index contributed by atoms with van der Waals surface area (Å²) in [6.45, 7) is 13.6. The lowest BCUT2D eigenvalue weighted by Gasteiger charge is -2.33. The SMILES string of the molecule is CCN1CCN(c2nncc(Nc3c(C)cc(C)cc3C)n2)CC1. The molecule has 1 aliphatic rings. The molecular formula is C18H26N6. The van der Waals surface area contributed by atoms with Crippen LogP contribution in [0.2, 0.25) is 0 Å². The quantitative estimate of drug-likeness (QED) is 0.932. The molecule has 128 valence electrons. The van der Waals surface area contributed by atoms with E-state index in [4.69, 9.17) is 0 Å². The van der Waals surface area contributed by atoms with Gasteiger partial charge in [0.05, 0.1) is 6.20 Å². The van der Waals surface area contributed by atoms with Crippen LogP contribution in [0.1, 0.15) is 23.6 Å². The number of benzene rings is 1. The van der Waals surface area contributed by atoms with Crippen molar-refractivity contribution >= 4 is 17.5 Å². The van der Waals surface area contributed by atoms with Crippen LogP contribution in [0.4, 0.5) is 17.5 Å². The first-order valence-corrected chi connectivity index (χ1v) is 8.58. The molecule has 0 spiro atoms. The average Bonchev–Trinajstić information content (AvgIpc) is 2.58. The lowest BCUT2D eigenvalue weighted by atomic mass is 10.1. The van der Waals surface area contributed by atoms with Gasteiger partial charge in [0, 0.05) is 31.9 Å². The number of hydrogen-bond acceptors (Lipinski definition) is 6. The Balaban J connectivity index is 1.77. The third kappa shape index (κ3) is 3.64. The molecule has 2 aromatic rings. The monoisotopic (exact) mass is 326 g/mol. The van der Waals surface area contributed by atoms with E-state index in [-0.39, 0.29) is 0 Å². The molecule has 6 nitrogen and oxygen atoms in total. The zero-order valence-electron chi connectivity index (χ0n) is 15.0. The van der Waals surface area contributed by atoms with Crippen molar-refractivity contribution in [3.05, 3.63) is 35.0 Å². The molecule has 0 atom stereocenters. The molecular weight excluding hydrogens is 300 g/mol. The van der Waals surface area contributed by atoms with Crippen LogP contribution in [0.5, 0.6) is 0 Å². The highest BCUT2D eigenvalue weighted by Gasteiger charge is 2.18. The fourth-order valence-corrected chi connectivity index (χ4v) is 3.26. The summed E-state index contributed by atoms with van der Waals surface area (Å²) in [6, 6.07) is 4.35. The Morgan fingerprint density at radius 2 is 1.71 bits per heavy atom. The van der Waals surface area contributed by atoms with Crippen molar-refractivity contribution in [3.8, 4) is 0 Å². The van der Waals surface area contributed by atoms with E-state index in [0.717, 1.165) is 44.2 Å². The van der Waals surface area contributed by atoms with Crippen LogP contribution < -0.4 is 10.2 Å². The minimum Gasteiger partial charge on any atom is -0.338 e. The second kappa shape index (κ2) is 7.13. The molecule has 1 aromatic heterocycles. The molecule has 0 saturated carbocycles. The maximum Gasteiger partial charge on any atom is 0.247 e. The van der Waals surface area contributed by atoms with Crippen molar-refractivity contribution in [1.29, 1.82) is 0 Å². The van der Waals surface area contributed by atoms with Gasteiger partial charge in [-0.3, -0.25) is 0 Å². The van der Waals surface area contributed by atoms with Gasteiger partial charge in [0.15, 0.2) is 5.82 Å². The molecule has 1 fully saturated rings. The summed E-state index contributed by atoms with van der Waals surface area (Å²) in [7, 11) is 0. The van der Waals surface area contributed by atoms with Gasteiger partial charge in [-0.2, -0.15) is 10.1 Å². The number of anilines is 3. The molecule has 2 heterocycles. The van der Waals surface area contributed by atoms with Gasteiger partial charge < -0.3 is 15.1 Å². The smallest absolute Gasteiger partial charge is 0.247 e. The zero-order valence-corrected chi connectivity index (χ0v) is 15.0. The van der Waals surface area contributed by atoms with Gasteiger partial charge in [-0.15, -0.1) is 5.10 Å². The van der Waals surface area contributed by atoms with E-state index in [1.54, 1.807) is 6.20 Å². The van der Waals surface area contributed by atoms with Crippen molar-refractivity contribution in [2.45, 2.75) is 27.7 Å². The third-order valence-corrected chi connectivity index (χ3v) is 4.58. The van der Waals surface area contributed by atoms with E-state index >= 15 is 0 Å². The van der Waals surface area contributed by atoms with Gasteiger partial charge in [-0.05, 0) is 38.4 Å². The summed E-state index contributed by atoms with van der Waals surface area (Å²) in [4.78, 5) is 9.31. The highest BCUT2D eigenvalue weighted by atomic mass is 15.4. The van der Waals surface area contributed by atoms with E-state index in [2.05, 4.69) is 70.1 Å². The maximum atomic E-state index is 4.67. The summed E-state index contributed by atoms with van der Waals surface area (Å²) >= 11 is 0. The number of aromatic nitrogens is 3. The summed E-state index contributed by atoms with van der Waals surface area (Å²) in [5, 5.41) is 11.8. The molecule has 6 heteroatoms. The van der Waals surface area contributed by atoms with E-state index in [0.29, 0.717) is 5.95 Å². The Morgan fingerprint density at radius 3 is 2.33 bits per heavy atom. The lowest BCUT2D eigenvalue weighted by Crippen LogP contribution is -2.46. The van der Waals surface area contributed by atoms with Crippen molar-refractivity contribution < 1.29 is 0 Å². The molecule has 0 bridgehead atoms. The Bertz CT molecular complexity index is 683. The molecule has 0 aliphatic carbocycles. The van der Waals surface area contributed by atoms with Crippen molar-refractivity contribution in [3.63, 3.8) is 0 Å². The second-order valence-electron chi connectivity index (χ2n) is 6.46. The molecule has 1 saturated heterocycles. The van der Waals surface area contributed by atoms with Crippen molar-refractivity contribution in [1.82, 2.24) is 20.1 Å². The number of nitrogens with zero attached hydrogens (tertiary/aromatic N) is 5. The Labute approximate surface area is 143 Å². The molecule has 1 N–H and O–H groups in total. The normalized spacial score (nSPS) is 15.6. The topological polar surface area (TPSA) is 57.2 Å². The van der Waals surface area contributed by atoms with E-state index < -0.39 is 0 Å². The van der Waals surface area contributed by atoms with Gasteiger partial charge in [0.2, 0.25) is 5.95 Å². The molecule has 3 rings (SSSR count). The minimum atomic E-state index is 0.707. The Morgan fingerprint density at radius 1 is 1.04 bits per heavy atom. The third-order valence-electron chi connectivity index (χ3n) is 4.58. The molecule has 1 aliphatic heterocycles. The first-order chi connectivity index (χ1) is 11.6. The number of hydrogen-bond donors (Lipinski definition) is 1. The van der Waals surface area contributed by atoms with Gasteiger partial charge >= 0.3 is 0 Å². The number of piperazine rings is 1. The van der Waals surface area contributed by atoms with Crippen LogP contribution in [0.3, 0.4) is 0 Å². The van der Waals surface area contributed by atoms with Crippen LogP contribution in [0, 0.1) is 20.8 Å². The van der Waals surface area contributed by atoms with Crippen LogP contribution in [-0.4, -0.2) is 52.8 Å². The molecule has 0 radical (unpaired) electrons. The van der Waals surface area contributed by atoms with Crippen molar-refractivity contribution in [2.75, 3.05) is 42.9 Å². The first kappa shape index (κ1) is 16.6. The van der Waals surface area contributed by atoms with Gasteiger partial charge in [0.1, 0.15) is 0 Å². The van der Waals surface area contributed by atoms with E-state index in [9.17, 15) is 0 Å². The molecule has 24 heavy (non-hydrogen) atoms. The number of rotatable bonds is 4. The summed E-state index contributed by atoms with van der Waals surface area (Å²) in [6.07, 6.45) is 1.69.